The fourth-order valence-electron chi connectivity index (χ4n) is 3.31. The van der Waals surface area contributed by atoms with Gasteiger partial charge >= 0.3 is 0 Å². The topological polar surface area (TPSA) is 58.6 Å². The summed E-state index contributed by atoms with van der Waals surface area (Å²) >= 11 is 0. The van der Waals surface area contributed by atoms with Crippen molar-refractivity contribution in [2.45, 2.75) is 25.9 Å². The van der Waals surface area contributed by atoms with Crippen LogP contribution in [0, 0.1) is 0 Å². The van der Waals surface area contributed by atoms with Crippen LogP contribution in [0.15, 0.2) is 48.5 Å². The van der Waals surface area contributed by atoms with Crippen molar-refractivity contribution in [3.05, 3.63) is 65.2 Å². The Bertz CT molecular complexity index is 788. The number of methoxy groups -OCH3 is 1. The molecule has 0 saturated heterocycles. The minimum absolute atomic E-state index is 0.0151. The Morgan fingerprint density at radius 2 is 1.92 bits per heavy atom. The van der Waals surface area contributed by atoms with Crippen molar-refractivity contribution >= 4 is 11.8 Å². The highest BCUT2D eigenvalue weighted by atomic mass is 16.5. The lowest BCUT2D eigenvalue weighted by atomic mass is 9.91. The van der Waals surface area contributed by atoms with E-state index in [0.29, 0.717) is 19.5 Å². The standard InChI is InChI=1S/C20H22N2O3/c1-3-22-18(23)12-14-8-4-6-10-16(14)19(22)20(24)21-13-15-9-5-7-11-17(15)25-2/h4-11,19H,3,12-13H2,1-2H3,(H,21,24)/t19-/m1/s1. The molecule has 0 aliphatic carbocycles. The molecule has 0 spiro atoms. The van der Waals surface area contributed by atoms with E-state index >= 15 is 0 Å². The number of para-hydroxylation sites is 1. The molecule has 25 heavy (non-hydrogen) atoms. The second kappa shape index (κ2) is 7.38. The first kappa shape index (κ1) is 17.0. The molecule has 0 aromatic heterocycles. The first-order valence-electron chi connectivity index (χ1n) is 8.42. The van der Waals surface area contributed by atoms with Crippen molar-refractivity contribution < 1.29 is 14.3 Å². The number of amides is 2. The quantitative estimate of drug-likeness (QED) is 0.911. The van der Waals surface area contributed by atoms with E-state index in [-0.39, 0.29) is 11.8 Å². The summed E-state index contributed by atoms with van der Waals surface area (Å²) in [6.45, 7) is 2.75. The Balaban J connectivity index is 1.83. The van der Waals surface area contributed by atoms with Crippen LogP contribution >= 0.6 is 0 Å². The minimum Gasteiger partial charge on any atom is -0.496 e. The number of likely N-dealkylation sites (N-methyl/N-ethyl adjacent to an activating group) is 1. The molecular formula is C20H22N2O3. The van der Waals surface area contributed by atoms with E-state index < -0.39 is 6.04 Å². The highest BCUT2D eigenvalue weighted by molar-refractivity contribution is 5.92. The van der Waals surface area contributed by atoms with E-state index in [0.717, 1.165) is 22.4 Å². The number of carbonyl (C=O) groups is 2. The van der Waals surface area contributed by atoms with E-state index in [1.165, 1.54) is 0 Å². The third kappa shape index (κ3) is 3.36. The molecule has 1 aliphatic heterocycles. The predicted octanol–water partition coefficient (Wildman–Crippen LogP) is 2.46. The number of fused-ring (bicyclic) bond motifs is 1. The third-order valence-corrected chi connectivity index (χ3v) is 4.56. The summed E-state index contributed by atoms with van der Waals surface area (Å²) in [5.74, 6) is 0.544. The second-order valence-electron chi connectivity index (χ2n) is 5.99. The molecule has 0 bridgehead atoms. The average Bonchev–Trinajstić information content (AvgIpc) is 2.65. The number of rotatable bonds is 5. The third-order valence-electron chi connectivity index (χ3n) is 4.56. The van der Waals surface area contributed by atoms with Crippen molar-refractivity contribution in [2.24, 2.45) is 0 Å². The Morgan fingerprint density at radius 1 is 1.20 bits per heavy atom. The van der Waals surface area contributed by atoms with Gasteiger partial charge in [-0.25, -0.2) is 0 Å². The van der Waals surface area contributed by atoms with Crippen LogP contribution in [0.2, 0.25) is 0 Å². The summed E-state index contributed by atoms with van der Waals surface area (Å²) < 4.78 is 5.32. The molecular weight excluding hydrogens is 316 g/mol. The van der Waals surface area contributed by atoms with E-state index in [4.69, 9.17) is 4.74 Å². The van der Waals surface area contributed by atoms with Gasteiger partial charge in [0.1, 0.15) is 11.8 Å². The molecule has 130 valence electrons. The van der Waals surface area contributed by atoms with E-state index in [2.05, 4.69) is 5.32 Å². The van der Waals surface area contributed by atoms with Gasteiger partial charge in [-0.3, -0.25) is 9.59 Å². The molecule has 1 N–H and O–H groups in total. The monoisotopic (exact) mass is 338 g/mol. The van der Waals surface area contributed by atoms with E-state index in [9.17, 15) is 9.59 Å². The highest BCUT2D eigenvalue weighted by Crippen LogP contribution is 2.30. The Morgan fingerprint density at radius 3 is 2.68 bits per heavy atom. The van der Waals surface area contributed by atoms with Gasteiger partial charge < -0.3 is 15.0 Å². The van der Waals surface area contributed by atoms with Crippen LogP contribution in [0.4, 0.5) is 0 Å². The van der Waals surface area contributed by atoms with Crippen LogP contribution in [0.25, 0.3) is 0 Å². The van der Waals surface area contributed by atoms with Gasteiger partial charge in [0.15, 0.2) is 0 Å². The number of hydrogen-bond donors (Lipinski definition) is 1. The smallest absolute Gasteiger partial charge is 0.247 e. The van der Waals surface area contributed by atoms with Crippen molar-refractivity contribution in [3.63, 3.8) is 0 Å². The number of carbonyl (C=O) groups excluding carboxylic acids is 2. The lowest BCUT2D eigenvalue weighted by molar-refractivity contribution is -0.141. The van der Waals surface area contributed by atoms with Crippen LogP contribution in [0.1, 0.15) is 29.7 Å². The maximum absolute atomic E-state index is 12.9. The van der Waals surface area contributed by atoms with Gasteiger partial charge in [-0.15, -0.1) is 0 Å². The molecule has 1 heterocycles. The molecule has 0 saturated carbocycles. The molecule has 5 nitrogen and oxygen atoms in total. The average molecular weight is 338 g/mol. The zero-order valence-electron chi connectivity index (χ0n) is 14.5. The lowest BCUT2D eigenvalue weighted by Gasteiger charge is -2.35. The maximum atomic E-state index is 12.9. The fourth-order valence-corrected chi connectivity index (χ4v) is 3.31. The Hall–Kier alpha value is -2.82. The molecule has 0 radical (unpaired) electrons. The highest BCUT2D eigenvalue weighted by Gasteiger charge is 2.35. The molecule has 1 atom stereocenters. The zero-order chi connectivity index (χ0) is 17.8. The number of ether oxygens (including phenoxy) is 1. The van der Waals surface area contributed by atoms with Gasteiger partial charge in [-0.2, -0.15) is 0 Å². The summed E-state index contributed by atoms with van der Waals surface area (Å²) in [7, 11) is 1.61. The molecule has 2 aromatic carbocycles. The zero-order valence-corrected chi connectivity index (χ0v) is 14.5. The van der Waals surface area contributed by atoms with Gasteiger partial charge in [0.25, 0.3) is 0 Å². The van der Waals surface area contributed by atoms with E-state index in [1.54, 1.807) is 12.0 Å². The Kier molecular flexibility index (Phi) is 5.03. The summed E-state index contributed by atoms with van der Waals surface area (Å²) in [6, 6.07) is 14.6. The van der Waals surface area contributed by atoms with Crippen molar-refractivity contribution in [1.29, 1.82) is 0 Å². The van der Waals surface area contributed by atoms with Crippen molar-refractivity contribution in [1.82, 2.24) is 10.2 Å². The lowest BCUT2D eigenvalue weighted by Crippen LogP contribution is -2.47. The van der Waals surface area contributed by atoms with Crippen LogP contribution in [-0.4, -0.2) is 30.4 Å². The first-order valence-corrected chi connectivity index (χ1v) is 8.42. The summed E-state index contributed by atoms with van der Waals surface area (Å²) in [5.41, 5.74) is 2.73. The summed E-state index contributed by atoms with van der Waals surface area (Å²) in [4.78, 5) is 26.9. The minimum atomic E-state index is -0.586. The number of nitrogens with one attached hydrogen (secondary N) is 1. The maximum Gasteiger partial charge on any atom is 0.247 e. The molecule has 3 rings (SSSR count). The molecule has 0 fully saturated rings. The van der Waals surface area contributed by atoms with Crippen molar-refractivity contribution in [2.75, 3.05) is 13.7 Å². The first-order chi connectivity index (χ1) is 12.2. The van der Waals surface area contributed by atoms with Gasteiger partial charge in [-0.1, -0.05) is 42.5 Å². The summed E-state index contributed by atoms with van der Waals surface area (Å²) in [6.07, 6.45) is 0.348. The molecule has 0 unspecified atom stereocenters. The van der Waals surface area contributed by atoms with E-state index in [1.807, 2.05) is 55.5 Å². The fraction of sp³-hybridized carbons (Fsp3) is 0.300. The van der Waals surface area contributed by atoms with Crippen LogP contribution < -0.4 is 10.1 Å². The van der Waals surface area contributed by atoms with Gasteiger partial charge in [-0.05, 0) is 24.1 Å². The Labute approximate surface area is 147 Å². The van der Waals surface area contributed by atoms with Crippen molar-refractivity contribution in [3.8, 4) is 5.75 Å². The SMILES string of the molecule is CCN1C(=O)Cc2ccccc2[C@@H]1C(=O)NCc1ccccc1OC. The molecule has 5 heteroatoms. The number of nitrogens with zero attached hydrogens (tertiary/aromatic N) is 1. The molecule has 2 amide bonds. The normalized spacial score (nSPS) is 16.3. The van der Waals surface area contributed by atoms with Crippen LogP contribution in [0.5, 0.6) is 5.75 Å². The number of hydrogen-bond acceptors (Lipinski definition) is 3. The predicted molar refractivity (Wildman–Crippen MR) is 95.1 cm³/mol. The van der Waals surface area contributed by atoms with Crippen LogP contribution in [0.3, 0.4) is 0 Å². The summed E-state index contributed by atoms with van der Waals surface area (Å²) in [5, 5.41) is 2.96. The largest absolute Gasteiger partial charge is 0.496 e. The van der Waals surface area contributed by atoms with Gasteiger partial charge in [0.05, 0.1) is 13.5 Å². The molecule has 1 aliphatic rings. The molecule has 2 aromatic rings. The number of benzene rings is 2. The van der Waals surface area contributed by atoms with Gasteiger partial charge in [0, 0.05) is 18.7 Å². The van der Waals surface area contributed by atoms with Gasteiger partial charge in [0.2, 0.25) is 11.8 Å². The van der Waals surface area contributed by atoms with Crippen LogP contribution in [-0.2, 0) is 22.6 Å². The second-order valence-corrected chi connectivity index (χ2v) is 5.99.